The molecule has 0 amide bonds. The minimum absolute atomic E-state index is 0.508. The molecular formula is C16H12Cl2FN3. The van der Waals surface area contributed by atoms with E-state index in [0.29, 0.717) is 21.4 Å². The number of nitrogens with zero attached hydrogens (tertiary/aromatic N) is 2. The van der Waals surface area contributed by atoms with Gasteiger partial charge in [0.1, 0.15) is 18.8 Å². The zero-order valence-electron chi connectivity index (χ0n) is 11.4. The lowest BCUT2D eigenvalue weighted by Gasteiger charge is -2.17. The molecule has 3 aromatic rings. The van der Waals surface area contributed by atoms with Gasteiger partial charge < -0.3 is 5.32 Å². The van der Waals surface area contributed by atoms with Crippen molar-refractivity contribution in [2.75, 3.05) is 12.0 Å². The zero-order chi connectivity index (χ0) is 15.5. The largest absolute Gasteiger partial charge is 0.360 e. The maximum Gasteiger partial charge on any atom is 0.137 e. The molecule has 1 heterocycles. The number of rotatable bonds is 4. The van der Waals surface area contributed by atoms with Crippen LogP contribution in [-0.4, -0.2) is 16.6 Å². The number of alkyl halides is 1. The van der Waals surface area contributed by atoms with E-state index < -0.39 is 12.7 Å². The second-order valence-corrected chi connectivity index (χ2v) is 5.66. The summed E-state index contributed by atoms with van der Waals surface area (Å²) in [5.74, 6) is 0.569. The molecule has 0 saturated heterocycles. The third kappa shape index (κ3) is 3.13. The Morgan fingerprint density at radius 2 is 1.73 bits per heavy atom. The SMILES string of the molecule is FCC(Nc1ncnc2cc(Cl)ccc12)c1ccc(Cl)cc1. The molecule has 3 rings (SSSR count). The van der Waals surface area contributed by atoms with Crippen molar-refractivity contribution in [3.8, 4) is 0 Å². The Balaban J connectivity index is 1.95. The van der Waals surface area contributed by atoms with Gasteiger partial charge in [0.15, 0.2) is 0 Å². The van der Waals surface area contributed by atoms with Crippen LogP contribution in [0.4, 0.5) is 10.2 Å². The molecule has 1 atom stereocenters. The van der Waals surface area contributed by atoms with Crippen LogP contribution in [0, 0.1) is 0 Å². The van der Waals surface area contributed by atoms with Crippen LogP contribution in [0.2, 0.25) is 10.0 Å². The number of fused-ring (bicyclic) bond motifs is 1. The monoisotopic (exact) mass is 335 g/mol. The number of nitrogens with one attached hydrogen (secondary N) is 1. The van der Waals surface area contributed by atoms with Gasteiger partial charge in [0.25, 0.3) is 0 Å². The van der Waals surface area contributed by atoms with Crippen molar-refractivity contribution in [3.05, 3.63) is 64.4 Å². The molecule has 1 aromatic heterocycles. The van der Waals surface area contributed by atoms with E-state index in [2.05, 4.69) is 15.3 Å². The van der Waals surface area contributed by atoms with Gasteiger partial charge in [-0.15, -0.1) is 0 Å². The molecule has 6 heteroatoms. The summed E-state index contributed by atoms with van der Waals surface area (Å²) in [6.45, 7) is -0.569. The van der Waals surface area contributed by atoms with Gasteiger partial charge in [0.2, 0.25) is 0 Å². The van der Waals surface area contributed by atoms with E-state index >= 15 is 0 Å². The van der Waals surface area contributed by atoms with Crippen LogP contribution >= 0.6 is 23.2 Å². The molecule has 0 radical (unpaired) electrons. The summed E-state index contributed by atoms with van der Waals surface area (Å²) < 4.78 is 13.4. The summed E-state index contributed by atoms with van der Waals surface area (Å²) in [5, 5.41) is 5.11. The normalized spacial score (nSPS) is 12.3. The Hall–Kier alpha value is -1.91. The van der Waals surface area contributed by atoms with E-state index in [1.165, 1.54) is 6.33 Å². The third-order valence-electron chi connectivity index (χ3n) is 3.34. The van der Waals surface area contributed by atoms with E-state index in [9.17, 15) is 4.39 Å². The highest BCUT2D eigenvalue weighted by atomic mass is 35.5. The van der Waals surface area contributed by atoms with Crippen LogP contribution in [0.1, 0.15) is 11.6 Å². The maximum atomic E-state index is 13.4. The quantitative estimate of drug-likeness (QED) is 0.724. The molecule has 1 N–H and O–H groups in total. The van der Waals surface area contributed by atoms with Gasteiger partial charge in [-0.1, -0.05) is 35.3 Å². The van der Waals surface area contributed by atoms with Gasteiger partial charge in [-0.2, -0.15) is 0 Å². The van der Waals surface area contributed by atoms with Crippen LogP contribution < -0.4 is 5.32 Å². The fourth-order valence-electron chi connectivity index (χ4n) is 2.22. The van der Waals surface area contributed by atoms with Gasteiger partial charge in [-0.05, 0) is 35.9 Å². The van der Waals surface area contributed by atoms with Gasteiger partial charge in [0.05, 0.1) is 11.6 Å². The molecule has 0 aliphatic rings. The Labute approximate surface area is 137 Å². The molecule has 2 aromatic carbocycles. The first-order valence-corrected chi connectivity index (χ1v) is 7.41. The summed E-state index contributed by atoms with van der Waals surface area (Å²) in [4.78, 5) is 8.38. The number of halogens is 3. The summed E-state index contributed by atoms with van der Waals surface area (Å²) >= 11 is 11.8. The molecule has 0 saturated carbocycles. The van der Waals surface area contributed by atoms with Crippen molar-refractivity contribution in [2.24, 2.45) is 0 Å². The fraction of sp³-hybridized carbons (Fsp3) is 0.125. The molecule has 0 spiro atoms. The second kappa shape index (κ2) is 6.46. The Bertz CT molecular complexity index is 793. The van der Waals surface area contributed by atoms with Crippen molar-refractivity contribution in [1.82, 2.24) is 9.97 Å². The van der Waals surface area contributed by atoms with E-state index in [1.807, 2.05) is 6.07 Å². The lowest BCUT2D eigenvalue weighted by molar-refractivity contribution is 0.452. The molecule has 22 heavy (non-hydrogen) atoms. The molecule has 1 unspecified atom stereocenters. The topological polar surface area (TPSA) is 37.8 Å². The van der Waals surface area contributed by atoms with Crippen molar-refractivity contribution in [1.29, 1.82) is 0 Å². The van der Waals surface area contributed by atoms with Crippen LogP contribution in [0.15, 0.2) is 48.8 Å². The average molecular weight is 336 g/mol. The summed E-state index contributed by atoms with van der Waals surface area (Å²) in [7, 11) is 0. The van der Waals surface area contributed by atoms with E-state index in [4.69, 9.17) is 23.2 Å². The third-order valence-corrected chi connectivity index (χ3v) is 3.82. The smallest absolute Gasteiger partial charge is 0.137 e. The first-order chi connectivity index (χ1) is 10.7. The molecule has 112 valence electrons. The molecular weight excluding hydrogens is 324 g/mol. The summed E-state index contributed by atoms with van der Waals surface area (Å²) in [5.41, 5.74) is 1.51. The first kappa shape index (κ1) is 15.0. The Morgan fingerprint density at radius 3 is 2.45 bits per heavy atom. The lowest BCUT2D eigenvalue weighted by Crippen LogP contribution is -2.14. The fourth-order valence-corrected chi connectivity index (χ4v) is 2.51. The second-order valence-electron chi connectivity index (χ2n) is 4.79. The van der Waals surface area contributed by atoms with E-state index in [-0.39, 0.29) is 0 Å². The van der Waals surface area contributed by atoms with Gasteiger partial charge in [0, 0.05) is 15.4 Å². The van der Waals surface area contributed by atoms with Crippen molar-refractivity contribution >= 4 is 39.9 Å². The minimum Gasteiger partial charge on any atom is -0.360 e. The van der Waals surface area contributed by atoms with Crippen molar-refractivity contribution in [3.63, 3.8) is 0 Å². The Kier molecular flexibility index (Phi) is 4.41. The predicted octanol–water partition coefficient (Wildman–Crippen LogP) is 5.06. The van der Waals surface area contributed by atoms with Gasteiger partial charge in [-0.3, -0.25) is 0 Å². The maximum absolute atomic E-state index is 13.4. The molecule has 0 bridgehead atoms. The van der Waals surface area contributed by atoms with Gasteiger partial charge >= 0.3 is 0 Å². The van der Waals surface area contributed by atoms with Crippen LogP contribution in [-0.2, 0) is 0 Å². The van der Waals surface area contributed by atoms with E-state index in [1.54, 1.807) is 36.4 Å². The van der Waals surface area contributed by atoms with Gasteiger partial charge in [-0.25, -0.2) is 14.4 Å². The average Bonchev–Trinajstić information content (AvgIpc) is 2.53. The first-order valence-electron chi connectivity index (χ1n) is 6.65. The van der Waals surface area contributed by atoms with Crippen LogP contribution in [0.3, 0.4) is 0 Å². The molecule has 0 aliphatic heterocycles. The number of hydrogen-bond acceptors (Lipinski definition) is 3. The molecule has 0 fully saturated rings. The highest BCUT2D eigenvalue weighted by molar-refractivity contribution is 6.31. The van der Waals surface area contributed by atoms with E-state index in [0.717, 1.165) is 10.9 Å². The highest BCUT2D eigenvalue weighted by Gasteiger charge is 2.14. The lowest BCUT2D eigenvalue weighted by atomic mass is 10.1. The van der Waals surface area contributed by atoms with Crippen LogP contribution in [0.5, 0.6) is 0 Å². The number of aromatic nitrogens is 2. The number of benzene rings is 2. The number of anilines is 1. The van der Waals surface area contributed by atoms with Crippen LogP contribution in [0.25, 0.3) is 10.9 Å². The standard InChI is InChI=1S/C16H12Cl2FN3/c17-11-3-1-10(2-4-11)15(8-19)22-16-13-6-5-12(18)7-14(13)20-9-21-16/h1-7,9,15H,8H2,(H,20,21,22). The summed E-state index contributed by atoms with van der Waals surface area (Å²) in [6, 6.07) is 11.9. The molecule has 0 aliphatic carbocycles. The Morgan fingerprint density at radius 1 is 1.00 bits per heavy atom. The predicted molar refractivity (Wildman–Crippen MR) is 88.3 cm³/mol. The van der Waals surface area contributed by atoms with Crippen molar-refractivity contribution < 1.29 is 4.39 Å². The molecule has 3 nitrogen and oxygen atoms in total. The summed E-state index contributed by atoms with van der Waals surface area (Å²) in [6.07, 6.45) is 1.43. The minimum atomic E-state index is -0.569. The number of hydrogen-bond donors (Lipinski definition) is 1. The van der Waals surface area contributed by atoms with Crippen molar-refractivity contribution in [2.45, 2.75) is 6.04 Å². The highest BCUT2D eigenvalue weighted by Crippen LogP contribution is 2.26. The zero-order valence-corrected chi connectivity index (χ0v) is 12.9.